The van der Waals surface area contributed by atoms with E-state index in [-0.39, 0.29) is 18.3 Å². The van der Waals surface area contributed by atoms with Crippen LogP contribution in [-0.2, 0) is 0 Å². The summed E-state index contributed by atoms with van der Waals surface area (Å²) in [7, 11) is 0. The van der Waals surface area contributed by atoms with Gasteiger partial charge in [-0.25, -0.2) is 0 Å². The molecule has 0 saturated heterocycles. The Balaban J connectivity index is 1.49. The van der Waals surface area contributed by atoms with E-state index in [1.54, 1.807) is 6.07 Å². The molecule has 2 heterocycles. The number of thiophene rings is 1. The van der Waals surface area contributed by atoms with Gasteiger partial charge in [-0.15, -0.1) is 11.3 Å². The largest absolute Gasteiger partial charge is 0.350 e. The van der Waals surface area contributed by atoms with E-state index >= 15 is 0 Å². The minimum absolute atomic E-state index is 0.111. The Labute approximate surface area is 148 Å². The van der Waals surface area contributed by atoms with Crippen molar-refractivity contribution in [3.8, 4) is 11.4 Å². The highest BCUT2D eigenvalue weighted by atomic mass is 32.1. The first-order chi connectivity index (χ1) is 12.1. The van der Waals surface area contributed by atoms with Crippen molar-refractivity contribution < 1.29 is 14.1 Å². The van der Waals surface area contributed by atoms with Crippen LogP contribution in [0.4, 0.5) is 0 Å². The van der Waals surface area contributed by atoms with Crippen LogP contribution >= 0.6 is 11.3 Å². The number of hydrogen-bond donors (Lipinski definition) is 2. The molecule has 128 valence electrons. The summed E-state index contributed by atoms with van der Waals surface area (Å²) in [5.41, 5.74) is 1.89. The molecule has 0 aliphatic carbocycles. The molecule has 3 aromatic rings. The molecular weight excluding hydrogens is 340 g/mol. The Morgan fingerprint density at radius 2 is 1.80 bits per heavy atom. The summed E-state index contributed by atoms with van der Waals surface area (Å²) in [4.78, 5) is 28.5. The van der Waals surface area contributed by atoms with Gasteiger partial charge in [0, 0.05) is 18.7 Å². The normalized spacial score (nSPS) is 10.4. The van der Waals surface area contributed by atoms with Crippen molar-refractivity contribution in [3.63, 3.8) is 0 Å². The fourth-order valence-electron chi connectivity index (χ4n) is 2.06. The van der Waals surface area contributed by atoms with Crippen molar-refractivity contribution in [3.05, 3.63) is 58.1 Å². The monoisotopic (exact) mass is 356 g/mol. The van der Waals surface area contributed by atoms with Crippen molar-refractivity contribution in [2.45, 2.75) is 6.92 Å². The predicted octanol–water partition coefficient (Wildman–Crippen LogP) is 2.27. The van der Waals surface area contributed by atoms with Crippen molar-refractivity contribution in [2.75, 3.05) is 13.1 Å². The van der Waals surface area contributed by atoms with E-state index in [0.717, 1.165) is 11.1 Å². The summed E-state index contributed by atoms with van der Waals surface area (Å²) >= 11 is 1.36. The Morgan fingerprint density at radius 3 is 2.48 bits per heavy atom. The van der Waals surface area contributed by atoms with Gasteiger partial charge in [0.25, 0.3) is 5.91 Å². The van der Waals surface area contributed by atoms with Gasteiger partial charge in [-0.3, -0.25) is 9.59 Å². The zero-order chi connectivity index (χ0) is 17.6. The Bertz CT molecular complexity index is 856. The number of carbonyl (C=O) groups excluding carboxylic acids is 2. The first kappa shape index (κ1) is 16.8. The Morgan fingerprint density at radius 1 is 1.08 bits per heavy atom. The summed E-state index contributed by atoms with van der Waals surface area (Å²) in [5.74, 6) is -0.392. The van der Waals surface area contributed by atoms with E-state index in [1.807, 2.05) is 42.6 Å². The maximum absolute atomic E-state index is 12.0. The Kier molecular flexibility index (Phi) is 5.20. The van der Waals surface area contributed by atoms with Crippen molar-refractivity contribution >= 4 is 23.2 Å². The van der Waals surface area contributed by atoms with E-state index in [1.165, 1.54) is 11.3 Å². The van der Waals surface area contributed by atoms with Crippen LogP contribution in [0.25, 0.3) is 11.4 Å². The number of nitrogens with one attached hydrogen (secondary N) is 2. The highest BCUT2D eigenvalue weighted by Crippen LogP contribution is 2.16. The van der Waals surface area contributed by atoms with Gasteiger partial charge in [0.1, 0.15) is 0 Å². The molecule has 0 saturated carbocycles. The van der Waals surface area contributed by atoms with Crippen LogP contribution < -0.4 is 10.6 Å². The van der Waals surface area contributed by atoms with Crippen LogP contribution in [0.5, 0.6) is 0 Å². The van der Waals surface area contributed by atoms with Crippen LogP contribution in [-0.4, -0.2) is 35.0 Å². The SMILES string of the molecule is Cc1ccc(-c2noc(C(=O)NCCNC(=O)c3cccs3)n2)cc1. The maximum Gasteiger partial charge on any atom is 0.316 e. The number of hydrogen-bond acceptors (Lipinski definition) is 6. The molecule has 7 nitrogen and oxygen atoms in total. The van der Waals surface area contributed by atoms with E-state index in [4.69, 9.17) is 4.52 Å². The summed E-state index contributed by atoms with van der Waals surface area (Å²) in [6.45, 7) is 2.55. The zero-order valence-corrected chi connectivity index (χ0v) is 14.3. The number of rotatable bonds is 6. The molecule has 0 radical (unpaired) electrons. The third-order valence-corrected chi connectivity index (χ3v) is 4.24. The fourth-order valence-corrected chi connectivity index (χ4v) is 2.70. The van der Waals surface area contributed by atoms with Crippen molar-refractivity contribution in [1.82, 2.24) is 20.8 Å². The average Bonchev–Trinajstić information content (AvgIpc) is 3.30. The number of carbonyl (C=O) groups is 2. The molecule has 25 heavy (non-hydrogen) atoms. The molecule has 0 fully saturated rings. The van der Waals surface area contributed by atoms with Gasteiger partial charge in [-0.2, -0.15) is 4.98 Å². The van der Waals surface area contributed by atoms with Gasteiger partial charge in [0.05, 0.1) is 4.88 Å². The number of benzene rings is 1. The molecule has 0 unspecified atom stereocenters. The molecule has 3 rings (SSSR count). The standard InChI is InChI=1S/C17H16N4O3S/c1-11-4-6-12(7-5-11)14-20-17(24-21-14)16(23)19-9-8-18-15(22)13-3-2-10-25-13/h2-7,10H,8-9H2,1H3,(H,18,22)(H,19,23). The van der Waals surface area contributed by atoms with Crippen LogP contribution in [0.2, 0.25) is 0 Å². The average molecular weight is 356 g/mol. The topological polar surface area (TPSA) is 97.1 Å². The zero-order valence-electron chi connectivity index (χ0n) is 13.5. The summed E-state index contributed by atoms with van der Waals surface area (Å²) in [6, 6.07) is 11.1. The fraction of sp³-hybridized carbons (Fsp3) is 0.176. The molecule has 8 heteroatoms. The second-order valence-electron chi connectivity index (χ2n) is 5.28. The van der Waals surface area contributed by atoms with Gasteiger partial charge in [-0.05, 0) is 18.4 Å². The van der Waals surface area contributed by atoms with Gasteiger partial charge >= 0.3 is 11.8 Å². The molecule has 0 spiro atoms. The van der Waals surface area contributed by atoms with E-state index in [9.17, 15) is 9.59 Å². The number of aromatic nitrogens is 2. The molecule has 2 amide bonds. The van der Waals surface area contributed by atoms with Crippen LogP contribution in [0.3, 0.4) is 0 Å². The van der Waals surface area contributed by atoms with Gasteiger partial charge in [0.2, 0.25) is 5.82 Å². The van der Waals surface area contributed by atoms with E-state index < -0.39 is 5.91 Å². The minimum atomic E-state index is -0.476. The van der Waals surface area contributed by atoms with Crippen LogP contribution in [0, 0.1) is 6.92 Å². The number of nitrogens with zero attached hydrogens (tertiary/aromatic N) is 2. The van der Waals surface area contributed by atoms with E-state index in [2.05, 4.69) is 20.8 Å². The molecule has 0 atom stereocenters. The third kappa shape index (κ3) is 4.30. The lowest BCUT2D eigenvalue weighted by atomic mass is 10.1. The first-order valence-electron chi connectivity index (χ1n) is 7.64. The van der Waals surface area contributed by atoms with Crippen LogP contribution in [0.1, 0.15) is 25.9 Å². The lowest BCUT2D eigenvalue weighted by Crippen LogP contribution is -2.34. The predicted molar refractivity (Wildman–Crippen MR) is 93.5 cm³/mol. The second-order valence-corrected chi connectivity index (χ2v) is 6.23. The minimum Gasteiger partial charge on any atom is -0.350 e. The Hall–Kier alpha value is -3.00. The maximum atomic E-state index is 12.0. The molecule has 0 bridgehead atoms. The highest BCUT2D eigenvalue weighted by Gasteiger charge is 2.15. The molecule has 0 aliphatic heterocycles. The summed E-state index contributed by atoms with van der Waals surface area (Å²) < 4.78 is 4.99. The second kappa shape index (κ2) is 7.71. The van der Waals surface area contributed by atoms with Crippen LogP contribution in [0.15, 0.2) is 46.3 Å². The molecule has 0 aliphatic rings. The van der Waals surface area contributed by atoms with Crippen molar-refractivity contribution in [1.29, 1.82) is 0 Å². The van der Waals surface area contributed by atoms with Crippen molar-refractivity contribution in [2.24, 2.45) is 0 Å². The van der Waals surface area contributed by atoms with Gasteiger partial charge in [0.15, 0.2) is 0 Å². The molecule has 2 aromatic heterocycles. The summed E-state index contributed by atoms with van der Waals surface area (Å²) in [6.07, 6.45) is 0. The van der Waals surface area contributed by atoms with E-state index in [0.29, 0.717) is 17.2 Å². The highest BCUT2D eigenvalue weighted by molar-refractivity contribution is 7.12. The lowest BCUT2D eigenvalue weighted by molar-refractivity contribution is 0.0899. The number of amides is 2. The smallest absolute Gasteiger partial charge is 0.316 e. The van der Waals surface area contributed by atoms with Gasteiger partial charge < -0.3 is 15.2 Å². The lowest BCUT2D eigenvalue weighted by Gasteiger charge is -2.04. The molecular formula is C17H16N4O3S. The third-order valence-electron chi connectivity index (χ3n) is 3.37. The number of aryl methyl sites for hydroxylation is 1. The molecule has 1 aromatic carbocycles. The summed E-state index contributed by atoms with van der Waals surface area (Å²) in [5, 5.41) is 11.0. The quantitative estimate of drug-likeness (QED) is 0.660. The molecule has 2 N–H and O–H groups in total. The first-order valence-corrected chi connectivity index (χ1v) is 8.52. The van der Waals surface area contributed by atoms with Gasteiger partial charge in [-0.1, -0.05) is 41.1 Å².